The molecule has 26 heavy (non-hydrogen) atoms. The van der Waals surface area contributed by atoms with Gasteiger partial charge in [-0.3, -0.25) is 0 Å². The Bertz CT molecular complexity index is 707. The highest BCUT2D eigenvalue weighted by Crippen LogP contribution is 2.37. The van der Waals surface area contributed by atoms with E-state index < -0.39 is 0 Å². The van der Waals surface area contributed by atoms with Crippen LogP contribution in [0.15, 0.2) is 42.5 Å². The maximum atomic E-state index is 6.38. The molecule has 0 unspecified atom stereocenters. The van der Waals surface area contributed by atoms with Crippen LogP contribution in [-0.4, -0.2) is 44.8 Å². The molecule has 1 aliphatic heterocycles. The van der Waals surface area contributed by atoms with Crippen LogP contribution in [0.2, 0.25) is 5.02 Å². The van der Waals surface area contributed by atoms with Gasteiger partial charge in [-0.05, 0) is 43.8 Å². The molecule has 1 aliphatic rings. The third-order valence-corrected chi connectivity index (χ3v) is 4.90. The molecule has 0 spiro atoms. The van der Waals surface area contributed by atoms with Gasteiger partial charge in [-0.2, -0.15) is 0 Å². The zero-order valence-electron chi connectivity index (χ0n) is 15.5. The first kappa shape index (κ1) is 19.0. The third-order valence-electron chi connectivity index (χ3n) is 4.62. The monoisotopic (exact) mass is 374 g/mol. The Morgan fingerprint density at radius 2 is 1.85 bits per heavy atom. The van der Waals surface area contributed by atoms with Crippen molar-refractivity contribution in [2.24, 2.45) is 0 Å². The van der Waals surface area contributed by atoms with Crippen molar-refractivity contribution < 1.29 is 9.47 Å². The first-order valence-electron chi connectivity index (χ1n) is 9.12. The predicted octanol–water partition coefficient (Wildman–Crippen LogP) is 3.76. The normalized spacial score (nSPS) is 14.9. The smallest absolute Gasteiger partial charge is 0.179 e. The second-order valence-corrected chi connectivity index (χ2v) is 7.30. The van der Waals surface area contributed by atoms with Gasteiger partial charge in [0, 0.05) is 25.6 Å². The highest BCUT2D eigenvalue weighted by Gasteiger charge is 2.16. The Kier molecular flexibility index (Phi) is 6.78. The molecule has 1 heterocycles. The fraction of sp³-hybridized carbons (Fsp3) is 0.429. The van der Waals surface area contributed by atoms with Crippen molar-refractivity contribution in [2.75, 3.05) is 33.9 Å². The lowest BCUT2D eigenvalue weighted by Crippen LogP contribution is -2.39. The molecular formula is C21H27ClN2O2. The van der Waals surface area contributed by atoms with Gasteiger partial charge in [0.25, 0.3) is 0 Å². The van der Waals surface area contributed by atoms with E-state index >= 15 is 0 Å². The molecule has 0 bridgehead atoms. The fourth-order valence-corrected chi connectivity index (χ4v) is 3.38. The molecule has 5 heteroatoms. The number of nitrogens with one attached hydrogen (secondary N) is 1. The molecule has 1 N–H and O–H groups in total. The number of rotatable bonds is 7. The van der Waals surface area contributed by atoms with E-state index in [1.54, 1.807) is 0 Å². The Morgan fingerprint density at radius 1 is 1.08 bits per heavy atom. The number of hydrogen-bond donors (Lipinski definition) is 1. The Balaban J connectivity index is 1.59. The fourth-order valence-electron chi connectivity index (χ4n) is 3.09. The summed E-state index contributed by atoms with van der Waals surface area (Å²) in [6.07, 6.45) is 1.89. The second-order valence-electron chi connectivity index (χ2n) is 6.89. The second kappa shape index (κ2) is 9.26. The van der Waals surface area contributed by atoms with Crippen molar-refractivity contribution in [1.82, 2.24) is 10.2 Å². The molecule has 0 fully saturated rings. The van der Waals surface area contributed by atoms with Crippen molar-refractivity contribution in [3.05, 3.63) is 58.6 Å². The number of likely N-dealkylation sites (N-methyl/N-ethyl adjacent to an activating group) is 1. The predicted molar refractivity (Wildman–Crippen MR) is 106 cm³/mol. The summed E-state index contributed by atoms with van der Waals surface area (Å²) in [5, 5.41) is 4.18. The zero-order valence-corrected chi connectivity index (χ0v) is 16.3. The first-order chi connectivity index (χ1) is 12.6. The lowest BCUT2D eigenvalue weighted by Gasteiger charge is -2.25. The molecule has 0 saturated heterocycles. The Labute approximate surface area is 161 Å². The lowest BCUT2D eigenvalue weighted by molar-refractivity contribution is 0.281. The van der Waals surface area contributed by atoms with E-state index in [1.807, 2.05) is 12.1 Å². The highest BCUT2D eigenvalue weighted by atomic mass is 35.5. The lowest BCUT2D eigenvalue weighted by atomic mass is 10.1. The largest absolute Gasteiger partial charge is 0.489 e. The standard InChI is InChI=1S/C21H27ClN2O2/c1-24(2)18(11-16-7-4-3-5-8-16)15-23-14-17-12-19(22)21-20(13-17)25-9-6-10-26-21/h3-5,7-8,12-13,18,23H,6,9-11,14-15H2,1-2H3/t18-/m1/s1. The molecule has 0 aliphatic carbocycles. The zero-order chi connectivity index (χ0) is 18.4. The highest BCUT2D eigenvalue weighted by molar-refractivity contribution is 6.32. The van der Waals surface area contributed by atoms with Crippen LogP contribution in [0.4, 0.5) is 0 Å². The van der Waals surface area contributed by atoms with Gasteiger partial charge in [0.05, 0.1) is 18.2 Å². The minimum absolute atomic E-state index is 0.424. The quantitative estimate of drug-likeness (QED) is 0.800. The van der Waals surface area contributed by atoms with E-state index in [9.17, 15) is 0 Å². The summed E-state index contributed by atoms with van der Waals surface area (Å²) >= 11 is 6.38. The van der Waals surface area contributed by atoms with Crippen LogP contribution in [0.3, 0.4) is 0 Å². The van der Waals surface area contributed by atoms with E-state index in [-0.39, 0.29) is 0 Å². The number of halogens is 1. The molecular weight excluding hydrogens is 348 g/mol. The van der Waals surface area contributed by atoms with Gasteiger partial charge in [0.15, 0.2) is 11.5 Å². The van der Waals surface area contributed by atoms with E-state index in [0.29, 0.717) is 30.0 Å². The van der Waals surface area contributed by atoms with E-state index in [1.165, 1.54) is 5.56 Å². The maximum absolute atomic E-state index is 6.38. The number of fused-ring (bicyclic) bond motifs is 1. The molecule has 0 saturated carbocycles. The van der Waals surface area contributed by atoms with Crippen LogP contribution < -0.4 is 14.8 Å². The first-order valence-corrected chi connectivity index (χ1v) is 9.50. The molecule has 1 atom stereocenters. The van der Waals surface area contributed by atoms with Crippen molar-refractivity contribution in [3.8, 4) is 11.5 Å². The SMILES string of the molecule is CN(C)[C@@H](CNCc1cc(Cl)c2c(c1)OCCCO2)Cc1ccccc1. The summed E-state index contributed by atoms with van der Waals surface area (Å²) in [5.41, 5.74) is 2.46. The van der Waals surface area contributed by atoms with E-state index in [4.69, 9.17) is 21.1 Å². The van der Waals surface area contributed by atoms with Crippen LogP contribution in [-0.2, 0) is 13.0 Å². The van der Waals surface area contributed by atoms with E-state index in [2.05, 4.69) is 54.6 Å². The minimum Gasteiger partial charge on any atom is -0.489 e. The molecule has 2 aromatic carbocycles. The molecule has 4 nitrogen and oxygen atoms in total. The van der Waals surface area contributed by atoms with Crippen molar-refractivity contribution in [3.63, 3.8) is 0 Å². The van der Waals surface area contributed by atoms with Gasteiger partial charge < -0.3 is 19.7 Å². The number of benzene rings is 2. The average molecular weight is 375 g/mol. The molecule has 0 aromatic heterocycles. The van der Waals surface area contributed by atoms with Gasteiger partial charge in [-0.25, -0.2) is 0 Å². The topological polar surface area (TPSA) is 33.7 Å². The molecule has 2 aromatic rings. The summed E-state index contributed by atoms with van der Waals surface area (Å²) in [7, 11) is 4.25. The van der Waals surface area contributed by atoms with Crippen molar-refractivity contribution >= 4 is 11.6 Å². The summed E-state index contributed by atoms with van der Waals surface area (Å²) < 4.78 is 11.5. The molecule has 140 valence electrons. The van der Waals surface area contributed by atoms with Crippen LogP contribution in [0.1, 0.15) is 17.5 Å². The van der Waals surface area contributed by atoms with Gasteiger partial charge in [-0.15, -0.1) is 0 Å². The Morgan fingerprint density at radius 3 is 2.62 bits per heavy atom. The van der Waals surface area contributed by atoms with Crippen LogP contribution in [0.5, 0.6) is 11.5 Å². The number of ether oxygens (including phenoxy) is 2. The average Bonchev–Trinajstić information content (AvgIpc) is 2.87. The van der Waals surface area contributed by atoms with E-state index in [0.717, 1.165) is 37.2 Å². The van der Waals surface area contributed by atoms with Gasteiger partial charge in [0.1, 0.15) is 0 Å². The molecule has 0 amide bonds. The maximum Gasteiger partial charge on any atom is 0.179 e. The summed E-state index contributed by atoms with van der Waals surface area (Å²) in [6, 6.07) is 15.0. The molecule has 0 radical (unpaired) electrons. The summed E-state index contributed by atoms with van der Waals surface area (Å²) in [5.74, 6) is 1.42. The van der Waals surface area contributed by atoms with Crippen LogP contribution >= 0.6 is 11.6 Å². The van der Waals surface area contributed by atoms with Crippen LogP contribution in [0.25, 0.3) is 0 Å². The summed E-state index contributed by atoms with van der Waals surface area (Å²) in [6.45, 7) is 2.96. The number of nitrogens with zero attached hydrogens (tertiary/aromatic N) is 1. The van der Waals surface area contributed by atoms with Gasteiger partial charge >= 0.3 is 0 Å². The molecule has 3 rings (SSSR count). The van der Waals surface area contributed by atoms with Gasteiger partial charge in [-0.1, -0.05) is 41.9 Å². The Hall–Kier alpha value is -1.75. The number of hydrogen-bond acceptors (Lipinski definition) is 4. The van der Waals surface area contributed by atoms with Gasteiger partial charge in [0.2, 0.25) is 0 Å². The van der Waals surface area contributed by atoms with Crippen molar-refractivity contribution in [2.45, 2.75) is 25.4 Å². The summed E-state index contributed by atoms with van der Waals surface area (Å²) in [4.78, 5) is 2.26. The third kappa shape index (κ3) is 5.13. The van der Waals surface area contributed by atoms with Crippen LogP contribution in [0, 0.1) is 0 Å². The minimum atomic E-state index is 0.424. The van der Waals surface area contributed by atoms with Crippen molar-refractivity contribution in [1.29, 1.82) is 0 Å².